The molecule has 0 spiro atoms. The van der Waals surface area contributed by atoms with E-state index >= 15 is 0 Å². The predicted molar refractivity (Wildman–Crippen MR) is 66.1 cm³/mol. The van der Waals surface area contributed by atoms with E-state index in [1.165, 1.54) is 25.9 Å². The van der Waals surface area contributed by atoms with Crippen LogP contribution in [-0.2, 0) is 0 Å². The smallest absolute Gasteiger partial charge is 0.289 e. The molecule has 1 heterocycles. The lowest BCUT2D eigenvalue weighted by Gasteiger charge is -2.38. The fraction of sp³-hybridized carbons (Fsp3) is 0.923. The Labute approximate surface area is 99.2 Å². The van der Waals surface area contributed by atoms with Crippen LogP contribution in [0.4, 0.5) is 0 Å². The molecule has 1 saturated carbocycles. The number of likely N-dealkylation sites (tertiary alicyclic amines) is 1. The van der Waals surface area contributed by atoms with Gasteiger partial charge in [-0.25, -0.2) is 11.5 Å². The van der Waals surface area contributed by atoms with Gasteiger partial charge in [-0.15, -0.1) is 0 Å². The van der Waals surface area contributed by atoms with Gasteiger partial charge in [0.25, 0.3) is 5.66 Å². The van der Waals surface area contributed by atoms with Crippen LogP contribution in [0.25, 0.3) is 4.85 Å². The van der Waals surface area contributed by atoms with Gasteiger partial charge in [0.05, 0.1) is 12.8 Å². The van der Waals surface area contributed by atoms with Gasteiger partial charge in [-0.05, 0) is 46.8 Å². The standard InChI is InChI=1S/C13H23N3/c1-11(2)16-9-5-12(6-10-16)15(4)13(14-3)7-8-13/h11-12H,5-10H2,1-2,4H3. The molecule has 0 bridgehead atoms. The average molecular weight is 221 g/mol. The Bertz CT molecular complexity index is 280. The predicted octanol–water partition coefficient (Wildman–Crippen LogP) is 2.20. The van der Waals surface area contributed by atoms with Gasteiger partial charge in [-0.3, -0.25) is 4.85 Å². The molecule has 2 fully saturated rings. The van der Waals surface area contributed by atoms with E-state index in [0.717, 1.165) is 12.8 Å². The van der Waals surface area contributed by atoms with E-state index in [-0.39, 0.29) is 5.66 Å². The van der Waals surface area contributed by atoms with Crippen molar-refractivity contribution in [2.45, 2.75) is 57.3 Å². The monoisotopic (exact) mass is 221 g/mol. The highest BCUT2D eigenvalue weighted by Gasteiger charge is 2.56. The van der Waals surface area contributed by atoms with E-state index in [1.54, 1.807) is 0 Å². The molecule has 90 valence electrons. The van der Waals surface area contributed by atoms with Crippen molar-refractivity contribution < 1.29 is 0 Å². The summed E-state index contributed by atoms with van der Waals surface area (Å²) in [5, 5.41) is 0. The minimum Gasteiger partial charge on any atom is -0.301 e. The first-order valence-electron chi connectivity index (χ1n) is 6.45. The quantitative estimate of drug-likeness (QED) is 0.677. The van der Waals surface area contributed by atoms with Crippen LogP contribution >= 0.6 is 0 Å². The maximum atomic E-state index is 7.30. The molecule has 3 heteroatoms. The molecule has 1 aliphatic heterocycles. The van der Waals surface area contributed by atoms with Crippen LogP contribution in [-0.4, -0.2) is 47.7 Å². The summed E-state index contributed by atoms with van der Waals surface area (Å²) in [6.45, 7) is 14.2. The first-order chi connectivity index (χ1) is 7.59. The highest BCUT2D eigenvalue weighted by Crippen LogP contribution is 2.44. The zero-order valence-electron chi connectivity index (χ0n) is 10.7. The highest BCUT2D eigenvalue weighted by atomic mass is 15.3. The van der Waals surface area contributed by atoms with E-state index in [2.05, 4.69) is 35.5 Å². The van der Waals surface area contributed by atoms with Crippen molar-refractivity contribution >= 4 is 0 Å². The van der Waals surface area contributed by atoms with Crippen LogP contribution in [0.15, 0.2) is 0 Å². The Hall–Kier alpha value is -0.590. The Kier molecular flexibility index (Phi) is 3.23. The molecule has 1 aliphatic carbocycles. The molecule has 0 radical (unpaired) electrons. The van der Waals surface area contributed by atoms with E-state index in [9.17, 15) is 0 Å². The van der Waals surface area contributed by atoms with Crippen molar-refractivity contribution in [3.63, 3.8) is 0 Å². The molecule has 0 amide bonds. The van der Waals surface area contributed by atoms with Crippen molar-refractivity contribution in [3.8, 4) is 0 Å². The van der Waals surface area contributed by atoms with E-state index in [4.69, 9.17) is 6.57 Å². The van der Waals surface area contributed by atoms with Crippen LogP contribution in [0, 0.1) is 6.57 Å². The minimum atomic E-state index is -0.106. The molecule has 16 heavy (non-hydrogen) atoms. The molecular formula is C13H23N3. The maximum absolute atomic E-state index is 7.30. The lowest BCUT2D eigenvalue weighted by molar-refractivity contribution is 0.0866. The molecule has 0 aromatic rings. The molecular weight excluding hydrogens is 198 g/mol. The van der Waals surface area contributed by atoms with Crippen molar-refractivity contribution in [2.75, 3.05) is 20.1 Å². The Morgan fingerprint density at radius 2 is 1.88 bits per heavy atom. The SMILES string of the molecule is [C-]#[N+]C1(N(C)C2CCN(C(C)C)CC2)CC1. The van der Waals surface area contributed by atoms with Gasteiger partial charge in [0, 0.05) is 12.1 Å². The zero-order chi connectivity index (χ0) is 11.8. The van der Waals surface area contributed by atoms with E-state index in [1.807, 2.05) is 0 Å². The molecule has 2 aliphatic rings. The number of piperidine rings is 1. The van der Waals surface area contributed by atoms with Gasteiger partial charge in [-0.1, -0.05) is 0 Å². The Morgan fingerprint density at radius 1 is 1.31 bits per heavy atom. The van der Waals surface area contributed by atoms with Crippen LogP contribution in [0.3, 0.4) is 0 Å². The lowest BCUT2D eigenvalue weighted by atomic mass is 10.0. The van der Waals surface area contributed by atoms with Gasteiger partial charge < -0.3 is 4.90 Å². The summed E-state index contributed by atoms with van der Waals surface area (Å²) in [6, 6.07) is 1.30. The van der Waals surface area contributed by atoms with Crippen LogP contribution in [0.1, 0.15) is 39.5 Å². The summed E-state index contributed by atoms with van der Waals surface area (Å²) >= 11 is 0. The van der Waals surface area contributed by atoms with Crippen LogP contribution in [0.5, 0.6) is 0 Å². The zero-order valence-corrected chi connectivity index (χ0v) is 10.7. The van der Waals surface area contributed by atoms with E-state index < -0.39 is 0 Å². The molecule has 0 aromatic carbocycles. The second-order valence-corrected chi connectivity index (χ2v) is 5.57. The third-order valence-corrected chi connectivity index (χ3v) is 4.34. The minimum absolute atomic E-state index is 0.106. The normalized spacial score (nSPS) is 26.0. The fourth-order valence-electron chi connectivity index (χ4n) is 2.78. The Morgan fingerprint density at radius 3 is 2.25 bits per heavy atom. The summed E-state index contributed by atoms with van der Waals surface area (Å²) in [4.78, 5) is 8.73. The van der Waals surface area contributed by atoms with Crippen molar-refractivity contribution in [1.29, 1.82) is 0 Å². The van der Waals surface area contributed by atoms with Gasteiger partial charge in [0.1, 0.15) is 0 Å². The third kappa shape index (κ3) is 2.09. The molecule has 0 N–H and O–H groups in total. The van der Waals surface area contributed by atoms with Crippen molar-refractivity contribution in [2.24, 2.45) is 0 Å². The molecule has 0 unspecified atom stereocenters. The van der Waals surface area contributed by atoms with E-state index in [0.29, 0.717) is 12.1 Å². The molecule has 2 rings (SSSR count). The number of nitrogens with zero attached hydrogens (tertiary/aromatic N) is 3. The van der Waals surface area contributed by atoms with Crippen LogP contribution < -0.4 is 0 Å². The van der Waals surface area contributed by atoms with Gasteiger partial charge in [0.15, 0.2) is 0 Å². The second kappa shape index (κ2) is 4.35. The number of hydrogen-bond acceptors (Lipinski definition) is 2. The second-order valence-electron chi connectivity index (χ2n) is 5.57. The molecule has 0 aromatic heterocycles. The number of hydrogen-bond donors (Lipinski definition) is 0. The van der Waals surface area contributed by atoms with Crippen molar-refractivity contribution in [3.05, 3.63) is 11.4 Å². The molecule has 1 saturated heterocycles. The summed E-state index contributed by atoms with van der Waals surface area (Å²) in [6.07, 6.45) is 4.62. The summed E-state index contributed by atoms with van der Waals surface area (Å²) < 4.78 is 0. The number of rotatable bonds is 3. The largest absolute Gasteiger partial charge is 0.301 e. The summed E-state index contributed by atoms with van der Waals surface area (Å²) in [5.41, 5.74) is -0.106. The maximum Gasteiger partial charge on any atom is 0.289 e. The van der Waals surface area contributed by atoms with Gasteiger partial charge in [-0.2, -0.15) is 0 Å². The average Bonchev–Trinajstić information content (AvgIpc) is 3.09. The first-order valence-corrected chi connectivity index (χ1v) is 6.45. The summed E-state index contributed by atoms with van der Waals surface area (Å²) in [5.74, 6) is 0. The van der Waals surface area contributed by atoms with Gasteiger partial charge in [0.2, 0.25) is 0 Å². The topological polar surface area (TPSA) is 10.8 Å². The fourth-order valence-corrected chi connectivity index (χ4v) is 2.78. The first kappa shape index (κ1) is 11.9. The van der Waals surface area contributed by atoms with Crippen LogP contribution in [0.2, 0.25) is 0 Å². The third-order valence-electron chi connectivity index (χ3n) is 4.34. The Balaban J connectivity index is 1.88. The lowest BCUT2D eigenvalue weighted by Crippen LogP contribution is -2.48. The van der Waals surface area contributed by atoms with Crippen molar-refractivity contribution in [1.82, 2.24) is 9.80 Å². The molecule has 0 atom stereocenters. The highest BCUT2D eigenvalue weighted by molar-refractivity contribution is 5.11. The van der Waals surface area contributed by atoms with Gasteiger partial charge >= 0.3 is 0 Å². The molecule has 3 nitrogen and oxygen atoms in total. The summed E-state index contributed by atoms with van der Waals surface area (Å²) in [7, 11) is 2.15.